The predicted molar refractivity (Wildman–Crippen MR) is 182 cm³/mol. The Labute approximate surface area is 250 Å². The van der Waals surface area contributed by atoms with Gasteiger partial charge in [-0.2, -0.15) is 0 Å². The number of hydrogen-bond acceptors (Lipinski definition) is 3. The maximum Gasteiger partial charge on any atom is 0.136 e. The van der Waals surface area contributed by atoms with Crippen LogP contribution in [0.3, 0.4) is 0 Å². The van der Waals surface area contributed by atoms with E-state index in [1.54, 1.807) is 6.26 Å². The first-order valence-electron chi connectivity index (χ1n) is 14.5. The SMILES string of the molecule is c1ccc2c(c1)sc1ccc(-c3c4ccccc4c(-c4ccc5oc6cc7ccoc7cc6c5c4)c4ccccc34)cc12. The molecule has 0 fully saturated rings. The number of furan rings is 2. The maximum atomic E-state index is 6.29. The van der Waals surface area contributed by atoms with Crippen molar-refractivity contribution >= 4 is 86.0 Å². The summed E-state index contributed by atoms with van der Waals surface area (Å²) in [7, 11) is 0. The molecule has 3 heteroatoms. The Hall–Kier alpha value is -5.38. The van der Waals surface area contributed by atoms with Crippen LogP contribution in [0.4, 0.5) is 0 Å². The molecule has 0 saturated carbocycles. The van der Waals surface area contributed by atoms with Crippen LogP contribution in [-0.4, -0.2) is 0 Å². The van der Waals surface area contributed by atoms with Gasteiger partial charge in [-0.15, -0.1) is 11.3 Å². The summed E-state index contributed by atoms with van der Waals surface area (Å²) in [6.45, 7) is 0. The molecule has 0 radical (unpaired) electrons. The highest BCUT2D eigenvalue weighted by Gasteiger charge is 2.19. The molecule has 0 unspecified atom stereocenters. The first-order valence-corrected chi connectivity index (χ1v) is 15.3. The Morgan fingerprint density at radius 2 is 0.977 bits per heavy atom. The van der Waals surface area contributed by atoms with E-state index in [1.165, 1.54) is 64.0 Å². The summed E-state index contributed by atoms with van der Waals surface area (Å²) >= 11 is 1.86. The molecule has 0 aliphatic heterocycles. The fourth-order valence-electron chi connectivity index (χ4n) is 7.02. The highest BCUT2D eigenvalue weighted by Crippen LogP contribution is 2.46. The van der Waals surface area contributed by atoms with Crippen LogP contribution < -0.4 is 0 Å². The zero-order valence-corrected chi connectivity index (χ0v) is 23.7. The summed E-state index contributed by atoms with van der Waals surface area (Å²) in [6, 6.07) is 46.1. The highest BCUT2D eigenvalue weighted by atomic mass is 32.1. The van der Waals surface area contributed by atoms with Gasteiger partial charge in [-0.05, 0) is 92.3 Å². The molecule has 7 aromatic carbocycles. The second-order valence-electron chi connectivity index (χ2n) is 11.3. The molecule has 3 aromatic heterocycles. The van der Waals surface area contributed by atoms with Crippen LogP contribution in [0.25, 0.3) is 96.9 Å². The zero-order valence-electron chi connectivity index (χ0n) is 22.9. The average molecular weight is 567 g/mol. The molecule has 10 rings (SSSR count). The van der Waals surface area contributed by atoms with Gasteiger partial charge in [0.2, 0.25) is 0 Å². The highest BCUT2D eigenvalue weighted by molar-refractivity contribution is 7.25. The second kappa shape index (κ2) is 8.57. The molecule has 0 atom stereocenters. The molecule has 2 nitrogen and oxygen atoms in total. The van der Waals surface area contributed by atoms with Crippen LogP contribution in [0.1, 0.15) is 0 Å². The van der Waals surface area contributed by atoms with E-state index < -0.39 is 0 Å². The summed E-state index contributed by atoms with van der Waals surface area (Å²) in [5.74, 6) is 0. The van der Waals surface area contributed by atoms with E-state index in [0.717, 1.165) is 32.9 Å². The smallest absolute Gasteiger partial charge is 0.136 e. The lowest BCUT2D eigenvalue weighted by molar-refractivity contribution is 0.616. The summed E-state index contributed by atoms with van der Waals surface area (Å²) in [5.41, 5.74) is 7.57. The number of fused-ring (bicyclic) bond motifs is 9. The van der Waals surface area contributed by atoms with Gasteiger partial charge in [-0.3, -0.25) is 0 Å². The molecule has 0 saturated heterocycles. The Balaban J connectivity index is 1.28. The van der Waals surface area contributed by atoms with Crippen LogP contribution in [0.2, 0.25) is 0 Å². The molecule has 0 N–H and O–H groups in total. The molecule has 0 aliphatic rings. The minimum Gasteiger partial charge on any atom is -0.464 e. The molecule has 10 aromatic rings. The van der Waals surface area contributed by atoms with Crippen LogP contribution in [-0.2, 0) is 0 Å². The third-order valence-electron chi connectivity index (χ3n) is 8.93. The largest absolute Gasteiger partial charge is 0.464 e. The van der Waals surface area contributed by atoms with Crippen LogP contribution in [0.15, 0.2) is 142 Å². The van der Waals surface area contributed by atoms with E-state index in [4.69, 9.17) is 8.83 Å². The topological polar surface area (TPSA) is 26.3 Å². The first kappa shape index (κ1) is 23.2. The molecule has 200 valence electrons. The minimum absolute atomic E-state index is 0.872. The third-order valence-corrected chi connectivity index (χ3v) is 10.1. The van der Waals surface area contributed by atoms with E-state index in [1.807, 2.05) is 17.4 Å². The minimum atomic E-state index is 0.872. The van der Waals surface area contributed by atoms with Crippen molar-refractivity contribution in [2.24, 2.45) is 0 Å². The van der Waals surface area contributed by atoms with Crippen molar-refractivity contribution < 1.29 is 8.83 Å². The van der Waals surface area contributed by atoms with E-state index in [9.17, 15) is 0 Å². The van der Waals surface area contributed by atoms with E-state index >= 15 is 0 Å². The van der Waals surface area contributed by atoms with Gasteiger partial charge in [0.25, 0.3) is 0 Å². The van der Waals surface area contributed by atoms with Crippen molar-refractivity contribution in [3.8, 4) is 22.3 Å². The monoisotopic (exact) mass is 566 g/mol. The van der Waals surface area contributed by atoms with E-state index in [0.29, 0.717) is 0 Å². The second-order valence-corrected chi connectivity index (χ2v) is 12.4. The number of benzene rings is 7. The van der Waals surface area contributed by atoms with Crippen molar-refractivity contribution in [1.82, 2.24) is 0 Å². The molecule has 0 amide bonds. The van der Waals surface area contributed by atoms with Crippen LogP contribution in [0.5, 0.6) is 0 Å². The maximum absolute atomic E-state index is 6.29. The Bertz CT molecular complexity index is 2680. The Kier molecular flexibility index (Phi) is 4.63. The van der Waals surface area contributed by atoms with Gasteiger partial charge in [0.1, 0.15) is 16.7 Å². The van der Waals surface area contributed by atoms with Gasteiger partial charge in [-0.25, -0.2) is 0 Å². The Morgan fingerprint density at radius 3 is 1.70 bits per heavy atom. The molecular formula is C40H22O2S. The fourth-order valence-corrected chi connectivity index (χ4v) is 8.11. The summed E-state index contributed by atoms with van der Waals surface area (Å²) < 4.78 is 14.7. The van der Waals surface area contributed by atoms with Crippen molar-refractivity contribution in [3.63, 3.8) is 0 Å². The van der Waals surface area contributed by atoms with E-state index in [2.05, 4.69) is 121 Å². The first-order chi connectivity index (χ1) is 21.3. The van der Waals surface area contributed by atoms with Crippen LogP contribution >= 0.6 is 11.3 Å². The van der Waals surface area contributed by atoms with Gasteiger partial charge in [0, 0.05) is 36.3 Å². The summed E-state index contributed by atoms with van der Waals surface area (Å²) in [4.78, 5) is 0. The van der Waals surface area contributed by atoms with Crippen molar-refractivity contribution in [1.29, 1.82) is 0 Å². The predicted octanol–water partition coefficient (Wildman–Crippen LogP) is 12.3. The lowest BCUT2D eigenvalue weighted by atomic mass is 9.85. The standard InChI is InChI=1S/C40H22O2S/c1-3-10-29-27(8-1)39(24-13-15-34-31(19-24)32-22-35-23(17-18-41-35)21-36(32)42-34)28-9-2-4-11-30(28)40(29)25-14-16-38-33(20-25)26-7-5-6-12-37(26)43-38/h1-22H. The van der Waals surface area contributed by atoms with Gasteiger partial charge in [-0.1, -0.05) is 78.9 Å². The molecule has 0 aliphatic carbocycles. The van der Waals surface area contributed by atoms with Gasteiger partial charge >= 0.3 is 0 Å². The normalized spacial score (nSPS) is 12.2. The number of thiophene rings is 1. The number of rotatable bonds is 2. The zero-order chi connectivity index (χ0) is 28.1. The number of hydrogen-bond donors (Lipinski definition) is 0. The average Bonchev–Trinajstić information content (AvgIpc) is 3.76. The molecule has 43 heavy (non-hydrogen) atoms. The van der Waals surface area contributed by atoms with E-state index in [-0.39, 0.29) is 0 Å². The molecular weight excluding hydrogens is 545 g/mol. The van der Waals surface area contributed by atoms with Gasteiger partial charge in [0.05, 0.1) is 6.26 Å². The van der Waals surface area contributed by atoms with Gasteiger partial charge in [0.15, 0.2) is 0 Å². The van der Waals surface area contributed by atoms with Gasteiger partial charge < -0.3 is 8.83 Å². The quantitative estimate of drug-likeness (QED) is 0.195. The molecule has 0 bridgehead atoms. The summed E-state index contributed by atoms with van der Waals surface area (Å²) in [6.07, 6.45) is 1.73. The van der Waals surface area contributed by atoms with Crippen molar-refractivity contribution in [2.75, 3.05) is 0 Å². The summed E-state index contributed by atoms with van der Waals surface area (Å²) in [5, 5.41) is 10.8. The lowest BCUT2D eigenvalue weighted by Gasteiger charge is -2.18. The van der Waals surface area contributed by atoms with Crippen molar-refractivity contribution in [2.45, 2.75) is 0 Å². The van der Waals surface area contributed by atoms with Crippen LogP contribution in [0, 0.1) is 0 Å². The lowest BCUT2D eigenvalue weighted by Crippen LogP contribution is -1.90. The fraction of sp³-hybridized carbons (Fsp3) is 0. The van der Waals surface area contributed by atoms with Crippen molar-refractivity contribution in [3.05, 3.63) is 134 Å². The third kappa shape index (κ3) is 3.28. The molecule has 0 spiro atoms. The molecule has 3 heterocycles. The Morgan fingerprint density at radius 1 is 0.395 bits per heavy atom.